The number of anilines is 1. The van der Waals surface area contributed by atoms with Gasteiger partial charge in [0.1, 0.15) is 0 Å². The monoisotopic (exact) mass is 374 g/mol. The van der Waals surface area contributed by atoms with Crippen LogP contribution in [0.5, 0.6) is 0 Å². The van der Waals surface area contributed by atoms with Crippen LogP contribution in [-0.2, 0) is 30.7 Å². The first-order valence-corrected chi connectivity index (χ1v) is 9.89. The molecule has 1 amide bonds. The third-order valence-electron chi connectivity index (χ3n) is 5.37. The molecule has 0 bridgehead atoms. The van der Waals surface area contributed by atoms with E-state index in [0.717, 1.165) is 25.1 Å². The molecular weight excluding hydrogens is 348 g/mol. The molecule has 0 radical (unpaired) electrons. The number of carbonyl (C=O) groups is 1. The van der Waals surface area contributed by atoms with Gasteiger partial charge < -0.3 is 10.6 Å². The number of rotatable bonds is 7. The first-order valence-electron chi connectivity index (χ1n) is 9.89. The minimum atomic E-state index is -0.286. The third kappa shape index (κ3) is 4.31. The van der Waals surface area contributed by atoms with E-state index in [-0.39, 0.29) is 11.9 Å². The Morgan fingerprint density at radius 3 is 2.75 bits per heavy atom. The zero-order valence-corrected chi connectivity index (χ0v) is 16.2. The number of hydrogen-bond donors (Lipinski definition) is 2. The van der Waals surface area contributed by atoms with Crippen molar-refractivity contribution >= 4 is 11.6 Å². The number of aromatic nitrogens is 2. The fraction of sp³-hybridized carbons (Fsp3) is 0.304. The van der Waals surface area contributed by atoms with Gasteiger partial charge in [0.05, 0.1) is 12.6 Å². The summed E-state index contributed by atoms with van der Waals surface area (Å²) < 4.78 is 1.91. The van der Waals surface area contributed by atoms with E-state index < -0.39 is 0 Å². The Bertz CT molecular complexity index is 949. The Labute approximate surface area is 165 Å². The first kappa shape index (κ1) is 18.4. The second-order valence-electron chi connectivity index (χ2n) is 7.40. The fourth-order valence-corrected chi connectivity index (χ4v) is 3.71. The Morgan fingerprint density at radius 2 is 1.93 bits per heavy atom. The standard InChI is InChI=1S/C23H26N4O/c1-17(23(28)26-22-11-10-18-8-4-9-19(18)14-22)24-15-20-6-2-3-7-21(20)16-27-13-5-12-25-27/h2-3,5-7,10-14,17,24H,4,8-9,15-16H2,1H3,(H,26,28)/t17-/m0/s1. The second-order valence-corrected chi connectivity index (χ2v) is 7.40. The van der Waals surface area contributed by atoms with Crippen LogP contribution < -0.4 is 10.6 Å². The highest BCUT2D eigenvalue weighted by molar-refractivity contribution is 5.94. The Kier molecular flexibility index (Phi) is 5.53. The number of aryl methyl sites for hydroxylation is 2. The van der Waals surface area contributed by atoms with Gasteiger partial charge in [-0.2, -0.15) is 5.10 Å². The number of amides is 1. The number of nitrogens with one attached hydrogen (secondary N) is 2. The lowest BCUT2D eigenvalue weighted by molar-refractivity contribution is -0.117. The molecule has 3 aromatic rings. The molecule has 2 aromatic carbocycles. The maximum Gasteiger partial charge on any atom is 0.241 e. The zero-order chi connectivity index (χ0) is 19.3. The average Bonchev–Trinajstić information content (AvgIpc) is 3.38. The van der Waals surface area contributed by atoms with E-state index in [0.29, 0.717) is 6.54 Å². The number of fused-ring (bicyclic) bond motifs is 1. The normalized spacial score (nSPS) is 13.9. The van der Waals surface area contributed by atoms with E-state index in [4.69, 9.17) is 0 Å². The summed E-state index contributed by atoms with van der Waals surface area (Å²) in [6, 6.07) is 16.2. The summed E-state index contributed by atoms with van der Waals surface area (Å²) in [6.45, 7) is 3.26. The fourth-order valence-electron chi connectivity index (χ4n) is 3.71. The number of hydrogen-bond acceptors (Lipinski definition) is 3. The Morgan fingerprint density at radius 1 is 1.11 bits per heavy atom. The highest BCUT2D eigenvalue weighted by atomic mass is 16.2. The molecule has 0 spiro atoms. The van der Waals surface area contributed by atoms with Crippen LogP contribution in [0.15, 0.2) is 60.9 Å². The SMILES string of the molecule is C[C@H](NCc1ccccc1Cn1cccn1)C(=O)Nc1ccc2c(c1)CCC2. The molecule has 0 aliphatic heterocycles. The first-order chi connectivity index (χ1) is 13.7. The second kappa shape index (κ2) is 8.40. The summed E-state index contributed by atoms with van der Waals surface area (Å²) >= 11 is 0. The van der Waals surface area contributed by atoms with E-state index in [1.54, 1.807) is 6.20 Å². The van der Waals surface area contributed by atoms with Crippen molar-refractivity contribution in [3.63, 3.8) is 0 Å². The molecule has 28 heavy (non-hydrogen) atoms. The summed E-state index contributed by atoms with van der Waals surface area (Å²) in [7, 11) is 0. The van der Waals surface area contributed by atoms with Crippen molar-refractivity contribution in [3.05, 3.63) is 83.2 Å². The van der Waals surface area contributed by atoms with E-state index in [1.807, 2.05) is 42.1 Å². The summed E-state index contributed by atoms with van der Waals surface area (Å²) in [5, 5.41) is 10.7. The lowest BCUT2D eigenvalue weighted by Crippen LogP contribution is -2.37. The molecule has 1 aliphatic carbocycles. The summed E-state index contributed by atoms with van der Waals surface area (Å²) in [5.74, 6) is -0.0116. The lowest BCUT2D eigenvalue weighted by atomic mass is 10.1. The van der Waals surface area contributed by atoms with Gasteiger partial charge >= 0.3 is 0 Å². The highest BCUT2D eigenvalue weighted by Gasteiger charge is 2.15. The summed E-state index contributed by atoms with van der Waals surface area (Å²) in [4.78, 5) is 12.6. The van der Waals surface area contributed by atoms with Crippen molar-refractivity contribution in [2.24, 2.45) is 0 Å². The van der Waals surface area contributed by atoms with Crippen molar-refractivity contribution in [1.29, 1.82) is 0 Å². The van der Waals surface area contributed by atoms with Crippen LogP contribution in [0.2, 0.25) is 0 Å². The maximum absolute atomic E-state index is 12.6. The van der Waals surface area contributed by atoms with Gasteiger partial charge in [-0.15, -0.1) is 0 Å². The molecule has 4 rings (SSSR count). The maximum atomic E-state index is 12.6. The van der Waals surface area contributed by atoms with Crippen LogP contribution in [0.25, 0.3) is 0 Å². The van der Waals surface area contributed by atoms with Crippen molar-refractivity contribution in [2.75, 3.05) is 5.32 Å². The van der Waals surface area contributed by atoms with Gasteiger partial charge in [0.2, 0.25) is 5.91 Å². The quantitative estimate of drug-likeness (QED) is 0.665. The number of carbonyl (C=O) groups excluding carboxylic acids is 1. The molecule has 0 saturated carbocycles. The van der Waals surface area contributed by atoms with Gasteiger partial charge in [-0.1, -0.05) is 30.3 Å². The van der Waals surface area contributed by atoms with Crippen LogP contribution in [0.3, 0.4) is 0 Å². The molecule has 1 heterocycles. The predicted molar refractivity (Wildman–Crippen MR) is 111 cm³/mol. The van der Waals surface area contributed by atoms with Crippen LogP contribution in [0.4, 0.5) is 5.69 Å². The van der Waals surface area contributed by atoms with Gasteiger partial charge in [-0.05, 0) is 66.6 Å². The number of nitrogens with zero attached hydrogens (tertiary/aromatic N) is 2. The van der Waals surface area contributed by atoms with E-state index in [9.17, 15) is 4.79 Å². The minimum Gasteiger partial charge on any atom is -0.325 e. The molecule has 1 atom stereocenters. The van der Waals surface area contributed by atoms with Crippen LogP contribution >= 0.6 is 0 Å². The van der Waals surface area contributed by atoms with Gasteiger partial charge in [-0.3, -0.25) is 9.48 Å². The largest absolute Gasteiger partial charge is 0.325 e. The Balaban J connectivity index is 1.35. The van der Waals surface area contributed by atoms with Gasteiger partial charge in [0.15, 0.2) is 0 Å². The molecule has 1 aliphatic rings. The summed E-state index contributed by atoms with van der Waals surface area (Å²) in [5.41, 5.74) is 6.04. The average molecular weight is 374 g/mol. The molecule has 0 saturated heterocycles. The highest BCUT2D eigenvalue weighted by Crippen LogP contribution is 2.25. The van der Waals surface area contributed by atoms with Crippen molar-refractivity contribution in [3.8, 4) is 0 Å². The van der Waals surface area contributed by atoms with E-state index >= 15 is 0 Å². The smallest absolute Gasteiger partial charge is 0.241 e. The third-order valence-corrected chi connectivity index (χ3v) is 5.37. The lowest BCUT2D eigenvalue weighted by Gasteiger charge is -2.16. The molecule has 1 aromatic heterocycles. The predicted octanol–water partition coefficient (Wildman–Crippen LogP) is 3.54. The molecule has 0 unspecified atom stereocenters. The summed E-state index contributed by atoms with van der Waals surface area (Å²) in [6.07, 6.45) is 7.21. The molecule has 2 N–H and O–H groups in total. The van der Waals surface area contributed by atoms with Gasteiger partial charge in [0.25, 0.3) is 0 Å². The molecule has 5 heteroatoms. The van der Waals surface area contributed by atoms with Crippen molar-refractivity contribution in [1.82, 2.24) is 15.1 Å². The van der Waals surface area contributed by atoms with Crippen LogP contribution in [0.1, 0.15) is 35.6 Å². The minimum absolute atomic E-state index is 0.0116. The van der Waals surface area contributed by atoms with Crippen LogP contribution in [-0.4, -0.2) is 21.7 Å². The van der Waals surface area contributed by atoms with Crippen molar-refractivity contribution in [2.45, 2.75) is 45.3 Å². The molecule has 0 fully saturated rings. The molecular formula is C23H26N4O. The van der Waals surface area contributed by atoms with E-state index in [1.165, 1.54) is 28.7 Å². The van der Waals surface area contributed by atoms with Crippen LogP contribution in [0, 0.1) is 0 Å². The van der Waals surface area contributed by atoms with E-state index in [2.05, 4.69) is 40.0 Å². The molecule has 144 valence electrons. The number of benzene rings is 2. The van der Waals surface area contributed by atoms with Gasteiger partial charge in [0, 0.05) is 24.6 Å². The topological polar surface area (TPSA) is 59.0 Å². The van der Waals surface area contributed by atoms with Gasteiger partial charge in [-0.25, -0.2) is 0 Å². The van der Waals surface area contributed by atoms with Crippen molar-refractivity contribution < 1.29 is 4.79 Å². The zero-order valence-electron chi connectivity index (χ0n) is 16.2. The Hall–Kier alpha value is -2.92. The molecule has 5 nitrogen and oxygen atoms in total.